The summed E-state index contributed by atoms with van der Waals surface area (Å²) >= 11 is 3.34. The van der Waals surface area contributed by atoms with Gasteiger partial charge in [0.25, 0.3) is 5.78 Å². The number of nitrogens with zero attached hydrogens (tertiary/aromatic N) is 4. The molecule has 3 aliphatic rings. The highest BCUT2D eigenvalue weighted by molar-refractivity contribution is 9.10. The fraction of sp³-hybridized carbons (Fsp3) is 0.360. The summed E-state index contributed by atoms with van der Waals surface area (Å²) in [6, 6.07) is 14.5. The minimum absolute atomic E-state index is 0.0281. The van der Waals surface area contributed by atoms with Crippen molar-refractivity contribution < 1.29 is 19.2 Å². The number of hydrogen-bond acceptors (Lipinski definition) is 6. The molecular weight excluding hydrogens is 514 g/mol. The van der Waals surface area contributed by atoms with Crippen LogP contribution in [0.5, 0.6) is 0 Å². The normalized spacial score (nSPS) is 20.8. The van der Waals surface area contributed by atoms with Crippen molar-refractivity contribution in [1.29, 1.82) is 0 Å². The zero-order valence-corrected chi connectivity index (χ0v) is 20.7. The summed E-state index contributed by atoms with van der Waals surface area (Å²) in [6.07, 6.45) is 0.0281. The lowest BCUT2D eigenvalue weighted by atomic mass is 10.1. The van der Waals surface area contributed by atoms with Crippen LogP contribution in [0.3, 0.4) is 0 Å². The number of Topliss-reactive ketones (excluding diaryl/α,β-unsaturated/α-hetero) is 1. The van der Waals surface area contributed by atoms with Gasteiger partial charge in [-0.25, -0.2) is 0 Å². The Morgan fingerprint density at radius 3 is 2.46 bits per heavy atom. The van der Waals surface area contributed by atoms with Crippen molar-refractivity contribution >= 4 is 50.8 Å². The number of nitrogens with one attached hydrogen (secondary N) is 1. The number of halogens is 1. The molecule has 0 radical (unpaired) electrons. The molecule has 2 saturated heterocycles. The molecule has 1 atom stereocenters. The van der Waals surface area contributed by atoms with Gasteiger partial charge in [0.15, 0.2) is 0 Å². The summed E-state index contributed by atoms with van der Waals surface area (Å²) in [4.78, 5) is 58.4. The van der Waals surface area contributed by atoms with Crippen molar-refractivity contribution in [2.24, 2.45) is 0 Å². The van der Waals surface area contributed by atoms with Crippen LogP contribution in [0.25, 0.3) is 0 Å². The lowest BCUT2D eigenvalue weighted by Gasteiger charge is -2.39. The zero-order valence-electron chi connectivity index (χ0n) is 19.2. The van der Waals surface area contributed by atoms with Crippen molar-refractivity contribution in [2.45, 2.75) is 12.5 Å². The van der Waals surface area contributed by atoms with E-state index in [-0.39, 0.29) is 24.9 Å². The van der Waals surface area contributed by atoms with Gasteiger partial charge in [-0.1, -0.05) is 34.1 Å². The van der Waals surface area contributed by atoms with Crippen LogP contribution in [0.15, 0.2) is 53.0 Å². The Kier molecular flexibility index (Phi) is 6.57. The number of anilines is 2. The summed E-state index contributed by atoms with van der Waals surface area (Å²) in [7, 11) is 0. The molecule has 10 heteroatoms. The maximum Gasteiger partial charge on any atom is 0.300 e. The van der Waals surface area contributed by atoms with E-state index in [0.717, 1.165) is 18.8 Å². The predicted molar refractivity (Wildman–Crippen MR) is 134 cm³/mol. The first kappa shape index (κ1) is 23.5. The molecule has 1 N–H and O–H groups in total. The number of hydrogen-bond donors (Lipinski definition) is 1. The standard InChI is InChI=1S/C25H26BrN5O4/c26-17-6-7-20-19(14-17)23(33)25(35)31(20)16-30-9-8-27-24(34)21(30)15-22(32)29-12-10-28(11-13-29)18-4-2-1-3-5-18/h1-7,14,21H,8-13,15-16H2,(H,27,34)/t21-/m1/s1. The second-order valence-corrected chi connectivity index (χ2v) is 9.81. The largest absolute Gasteiger partial charge is 0.368 e. The molecule has 182 valence electrons. The molecule has 0 spiro atoms. The maximum atomic E-state index is 13.2. The molecule has 0 aromatic heterocycles. The molecule has 9 nitrogen and oxygen atoms in total. The molecule has 3 amide bonds. The third kappa shape index (κ3) is 4.68. The topological polar surface area (TPSA) is 93.3 Å². The van der Waals surface area contributed by atoms with E-state index < -0.39 is 17.7 Å². The van der Waals surface area contributed by atoms with Crippen LogP contribution < -0.4 is 15.1 Å². The molecule has 5 rings (SSSR count). The number of rotatable bonds is 5. The van der Waals surface area contributed by atoms with Gasteiger partial charge < -0.3 is 15.1 Å². The zero-order chi connectivity index (χ0) is 24.5. The Bertz CT molecular complexity index is 1170. The maximum absolute atomic E-state index is 13.2. The lowest BCUT2D eigenvalue weighted by Crippen LogP contribution is -2.60. The number of carbonyl (C=O) groups excluding carboxylic acids is 4. The van der Waals surface area contributed by atoms with Crippen molar-refractivity contribution in [3.05, 3.63) is 58.6 Å². The van der Waals surface area contributed by atoms with Crippen LogP contribution in [0.1, 0.15) is 16.8 Å². The molecule has 0 aliphatic carbocycles. The first-order valence-corrected chi connectivity index (χ1v) is 12.5. The van der Waals surface area contributed by atoms with Crippen LogP contribution in [-0.4, -0.2) is 85.3 Å². The first-order valence-electron chi connectivity index (χ1n) is 11.7. The first-order chi connectivity index (χ1) is 16.9. The highest BCUT2D eigenvalue weighted by atomic mass is 79.9. The van der Waals surface area contributed by atoms with Crippen LogP contribution in [0.2, 0.25) is 0 Å². The molecule has 0 bridgehead atoms. The fourth-order valence-corrected chi connectivity index (χ4v) is 5.26. The molecule has 0 unspecified atom stereocenters. The van der Waals surface area contributed by atoms with Gasteiger partial charge in [-0.05, 0) is 30.3 Å². The van der Waals surface area contributed by atoms with Gasteiger partial charge in [0.2, 0.25) is 11.8 Å². The van der Waals surface area contributed by atoms with E-state index in [2.05, 4.69) is 38.3 Å². The van der Waals surface area contributed by atoms with E-state index in [1.165, 1.54) is 4.90 Å². The predicted octanol–water partition coefficient (Wildman–Crippen LogP) is 1.48. The Hall–Kier alpha value is -3.24. The van der Waals surface area contributed by atoms with Crippen LogP contribution >= 0.6 is 15.9 Å². The minimum atomic E-state index is -0.703. The van der Waals surface area contributed by atoms with E-state index in [0.29, 0.717) is 41.9 Å². The number of amides is 3. The fourth-order valence-electron chi connectivity index (χ4n) is 4.90. The monoisotopic (exact) mass is 539 g/mol. The van der Waals surface area contributed by atoms with E-state index >= 15 is 0 Å². The molecule has 2 aromatic carbocycles. The van der Waals surface area contributed by atoms with Gasteiger partial charge in [-0.3, -0.25) is 29.0 Å². The van der Waals surface area contributed by atoms with E-state index in [1.54, 1.807) is 23.1 Å². The average Bonchev–Trinajstić information content (AvgIpc) is 3.10. The van der Waals surface area contributed by atoms with E-state index in [1.807, 2.05) is 23.1 Å². The summed E-state index contributed by atoms with van der Waals surface area (Å²) in [6.45, 7) is 3.61. The number of fused-ring (bicyclic) bond motifs is 1. The van der Waals surface area contributed by atoms with Crippen molar-refractivity contribution in [3.63, 3.8) is 0 Å². The third-order valence-electron chi connectivity index (χ3n) is 6.82. The molecule has 2 aromatic rings. The highest BCUT2D eigenvalue weighted by Gasteiger charge is 2.40. The Balaban J connectivity index is 1.25. The summed E-state index contributed by atoms with van der Waals surface area (Å²) in [5.41, 5.74) is 2.00. The van der Waals surface area contributed by atoms with Crippen molar-refractivity contribution in [1.82, 2.24) is 15.1 Å². The summed E-state index contributed by atoms with van der Waals surface area (Å²) in [5.74, 6) is -1.50. The molecule has 35 heavy (non-hydrogen) atoms. The second-order valence-electron chi connectivity index (χ2n) is 8.89. The Morgan fingerprint density at radius 2 is 1.71 bits per heavy atom. The molecule has 2 fully saturated rings. The third-order valence-corrected chi connectivity index (χ3v) is 7.31. The number of ketones is 1. The quantitative estimate of drug-likeness (QED) is 0.578. The highest BCUT2D eigenvalue weighted by Crippen LogP contribution is 2.32. The van der Waals surface area contributed by atoms with Crippen LogP contribution in [-0.2, 0) is 14.4 Å². The van der Waals surface area contributed by atoms with E-state index in [9.17, 15) is 19.2 Å². The SMILES string of the molecule is O=C1C(=O)N(CN2CCNC(=O)[C@H]2CC(=O)N2CCN(c3ccccc3)CC2)c2ccc(Br)cc21. The number of piperazine rings is 2. The minimum Gasteiger partial charge on any atom is -0.368 e. The Morgan fingerprint density at radius 1 is 0.971 bits per heavy atom. The number of benzene rings is 2. The van der Waals surface area contributed by atoms with Crippen molar-refractivity contribution in [2.75, 3.05) is 55.7 Å². The molecular formula is C25H26BrN5O4. The van der Waals surface area contributed by atoms with Gasteiger partial charge in [-0.15, -0.1) is 0 Å². The summed E-state index contributed by atoms with van der Waals surface area (Å²) in [5, 5.41) is 2.83. The number of para-hydroxylation sites is 1. The number of carbonyl (C=O) groups is 4. The van der Waals surface area contributed by atoms with Crippen LogP contribution in [0, 0.1) is 0 Å². The molecule has 0 saturated carbocycles. The van der Waals surface area contributed by atoms with Gasteiger partial charge in [0.05, 0.1) is 30.4 Å². The lowest BCUT2D eigenvalue weighted by molar-refractivity contribution is -0.139. The van der Waals surface area contributed by atoms with Gasteiger partial charge in [-0.2, -0.15) is 0 Å². The van der Waals surface area contributed by atoms with Crippen molar-refractivity contribution in [3.8, 4) is 0 Å². The second kappa shape index (κ2) is 9.79. The molecule has 3 heterocycles. The molecule has 3 aliphatic heterocycles. The smallest absolute Gasteiger partial charge is 0.300 e. The Labute approximate surface area is 211 Å². The van der Waals surface area contributed by atoms with Crippen LogP contribution in [0.4, 0.5) is 11.4 Å². The van der Waals surface area contributed by atoms with Gasteiger partial charge in [0.1, 0.15) is 0 Å². The summed E-state index contributed by atoms with van der Waals surface area (Å²) < 4.78 is 0.715. The van der Waals surface area contributed by atoms with E-state index in [4.69, 9.17) is 0 Å². The average molecular weight is 540 g/mol. The van der Waals surface area contributed by atoms with Gasteiger partial charge >= 0.3 is 5.91 Å². The van der Waals surface area contributed by atoms with Gasteiger partial charge in [0, 0.05) is 49.4 Å².